The molecule has 1 heterocycles. The number of nitrogens with one attached hydrogen (secondary N) is 1. The van der Waals surface area contributed by atoms with Gasteiger partial charge in [-0.25, -0.2) is 0 Å². The molecule has 19 heavy (non-hydrogen) atoms. The summed E-state index contributed by atoms with van der Waals surface area (Å²) in [4.78, 5) is 0. The van der Waals surface area contributed by atoms with E-state index in [2.05, 4.69) is 57.3 Å². The number of hydrogen-bond acceptors (Lipinski definition) is 2. The molecule has 0 bridgehead atoms. The van der Waals surface area contributed by atoms with Crippen molar-refractivity contribution in [3.63, 3.8) is 0 Å². The van der Waals surface area contributed by atoms with E-state index in [-0.39, 0.29) is 6.10 Å². The van der Waals surface area contributed by atoms with Crippen molar-refractivity contribution in [2.24, 2.45) is 10.8 Å². The lowest BCUT2D eigenvalue weighted by atomic mass is 9.97. The average Bonchev–Trinajstić information content (AvgIpc) is 2.77. The van der Waals surface area contributed by atoms with Crippen LogP contribution in [-0.2, 0) is 11.2 Å². The standard InChI is InChI=1S/C17H25NO/c1-16(2)15(17(16,3)4)18-11-14-13-8-6-5-7-12(13)9-10-19-14/h5-8,14-15,18H,9-11H2,1-4H3. The molecule has 1 N–H and O–H groups in total. The van der Waals surface area contributed by atoms with E-state index in [1.165, 1.54) is 11.1 Å². The zero-order valence-corrected chi connectivity index (χ0v) is 12.5. The van der Waals surface area contributed by atoms with Crippen LogP contribution in [0.2, 0.25) is 0 Å². The molecule has 2 heteroatoms. The summed E-state index contributed by atoms with van der Waals surface area (Å²) < 4.78 is 5.96. The molecule has 3 rings (SSSR count). The highest BCUT2D eigenvalue weighted by Crippen LogP contribution is 2.62. The molecule has 2 nitrogen and oxygen atoms in total. The molecule has 2 aliphatic rings. The van der Waals surface area contributed by atoms with E-state index >= 15 is 0 Å². The van der Waals surface area contributed by atoms with Gasteiger partial charge in [0.15, 0.2) is 0 Å². The van der Waals surface area contributed by atoms with Crippen LogP contribution in [0.25, 0.3) is 0 Å². The monoisotopic (exact) mass is 259 g/mol. The average molecular weight is 259 g/mol. The molecule has 1 saturated carbocycles. The third-order valence-electron chi connectivity index (χ3n) is 5.62. The molecule has 1 fully saturated rings. The van der Waals surface area contributed by atoms with Crippen molar-refractivity contribution >= 4 is 0 Å². The lowest BCUT2D eigenvalue weighted by Gasteiger charge is -2.26. The molecule has 1 aromatic rings. The summed E-state index contributed by atoms with van der Waals surface area (Å²) in [6, 6.07) is 9.28. The van der Waals surface area contributed by atoms with Crippen LogP contribution in [0.3, 0.4) is 0 Å². The summed E-state index contributed by atoms with van der Waals surface area (Å²) >= 11 is 0. The second kappa shape index (κ2) is 4.32. The third-order valence-corrected chi connectivity index (χ3v) is 5.62. The normalized spacial score (nSPS) is 27.9. The van der Waals surface area contributed by atoms with Gasteiger partial charge in [-0.1, -0.05) is 52.0 Å². The first-order valence-corrected chi connectivity index (χ1v) is 7.37. The van der Waals surface area contributed by atoms with Gasteiger partial charge in [0.25, 0.3) is 0 Å². The van der Waals surface area contributed by atoms with Crippen LogP contribution in [0.15, 0.2) is 24.3 Å². The fourth-order valence-corrected chi connectivity index (χ4v) is 3.58. The second-order valence-electron chi connectivity index (χ2n) is 7.09. The van der Waals surface area contributed by atoms with Crippen LogP contribution in [0.4, 0.5) is 0 Å². The molecule has 1 aromatic carbocycles. The van der Waals surface area contributed by atoms with Crippen LogP contribution < -0.4 is 5.32 Å². The number of ether oxygens (including phenoxy) is 1. The highest BCUT2D eigenvalue weighted by Gasteiger charge is 2.64. The molecular formula is C17H25NO. The fourth-order valence-electron chi connectivity index (χ4n) is 3.58. The van der Waals surface area contributed by atoms with E-state index in [0.29, 0.717) is 16.9 Å². The summed E-state index contributed by atoms with van der Waals surface area (Å²) in [7, 11) is 0. The minimum Gasteiger partial charge on any atom is -0.372 e. The van der Waals surface area contributed by atoms with Gasteiger partial charge in [0, 0.05) is 12.6 Å². The maximum Gasteiger partial charge on any atom is 0.0952 e. The van der Waals surface area contributed by atoms with Crippen LogP contribution >= 0.6 is 0 Å². The Hall–Kier alpha value is -0.860. The van der Waals surface area contributed by atoms with Gasteiger partial charge in [-0.2, -0.15) is 0 Å². The van der Waals surface area contributed by atoms with Crippen molar-refractivity contribution in [2.75, 3.05) is 13.2 Å². The molecule has 1 aliphatic heterocycles. The van der Waals surface area contributed by atoms with Gasteiger partial charge in [-0.15, -0.1) is 0 Å². The van der Waals surface area contributed by atoms with Crippen LogP contribution in [0, 0.1) is 10.8 Å². The molecule has 0 aromatic heterocycles. The lowest BCUT2D eigenvalue weighted by Crippen LogP contribution is -2.31. The number of hydrogen-bond donors (Lipinski definition) is 1. The molecule has 0 amide bonds. The Bertz CT molecular complexity index is 464. The SMILES string of the molecule is CC1(C)C(NCC2OCCc3ccccc32)C1(C)C. The topological polar surface area (TPSA) is 21.3 Å². The Morgan fingerprint density at radius 3 is 2.53 bits per heavy atom. The van der Waals surface area contributed by atoms with Crippen molar-refractivity contribution in [3.05, 3.63) is 35.4 Å². The Morgan fingerprint density at radius 2 is 1.84 bits per heavy atom. The van der Waals surface area contributed by atoms with E-state index in [1.54, 1.807) is 0 Å². The minimum absolute atomic E-state index is 0.220. The zero-order chi connectivity index (χ0) is 13.7. The van der Waals surface area contributed by atoms with Crippen LogP contribution in [-0.4, -0.2) is 19.2 Å². The zero-order valence-electron chi connectivity index (χ0n) is 12.5. The Balaban J connectivity index is 1.67. The third kappa shape index (κ3) is 2.02. The summed E-state index contributed by atoms with van der Waals surface area (Å²) in [6.45, 7) is 11.2. The maximum absolute atomic E-state index is 5.96. The largest absolute Gasteiger partial charge is 0.372 e. The van der Waals surface area contributed by atoms with Crippen LogP contribution in [0.5, 0.6) is 0 Å². The summed E-state index contributed by atoms with van der Waals surface area (Å²) in [5.41, 5.74) is 3.61. The Kier molecular flexibility index (Phi) is 2.99. The van der Waals surface area contributed by atoms with E-state index in [9.17, 15) is 0 Å². The van der Waals surface area contributed by atoms with Crippen molar-refractivity contribution < 1.29 is 4.74 Å². The van der Waals surface area contributed by atoms with Gasteiger partial charge in [0.05, 0.1) is 12.7 Å². The number of fused-ring (bicyclic) bond motifs is 1. The minimum atomic E-state index is 0.220. The van der Waals surface area contributed by atoms with E-state index in [1.807, 2.05) is 0 Å². The molecular weight excluding hydrogens is 234 g/mol. The van der Waals surface area contributed by atoms with Crippen molar-refractivity contribution in [1.82, 2.24) is 5.32 Å². The molecule has 104 valence electrons. The molecule has 0 radical (unpaired) electrons. The summed E-state index contributed by atoms with van der Waals surface area (Å²) in [5.74, 6) is 0. The van der Waals surface area contributed by atoms with E-state index in [4.69, 9.17) is 4.74 Å². The predicted molar refractivity (Wildman–Crippen MR) is 78.2 cm³/mol. The first kappa shape index (κ1) is 13.1. The fraction of sp³-hybridized carbons (Fsp3) is 0.647. The van der Waals surface area contributed by atoms with Crippen molar-refractivity contribution in [2.45, 2.75) is 46.3 Å². The molecule has 1 unspecified atom stereocenters. The van der Waals surface area contributed by atoms with E-state index in [0.717, 1.165) is 19.6 Å². The van der Waals surface area contributed by atoms with Gasteiger partial charge in [0.1, 0.15) is 0 Å². The summed E-state index contributed by atoms with van der Waals surface area (Å²) in [6.07, 6.45) is 1.27. The highest BCUT2D eigenvalue weighted by atomic mass is 16.5. The van der Waals surface area contributed by atoms with Gasteiger partial charge in [0.2, 0.25) is 0 Å². The van der Waals surface area contributed by atoms with Crippen LogP contribution in [0.1, 0.15) is 44.9 Å². The van der Waals surface area contributed by atoms with Gasteiger partial charge in [-0.3, -0.25) is 0 Å². The van der Waals surface area contributed by atoms with Gasteiger partial charge in [-0.05, 0) is 28.4 Å². The molecule has 1 atom stereocenters. The number of rotatable bonds is 3. The smallest absolute Gasteiger partial charge is 0.0952 e. The second-order valence-corrected chi connectivity index (χ2v) is 7.09. The quantitative estimate of drug-likeness (QED) is 0.899. The van der Waals surface area contributed by atoms with Gasteiger partial charge >= 0.3 is 0 Å². The first-order chi connectivity index (χ1) is 8.94. The Labute approximate surface area is 116 Å². The molecule has 1 aliphatic carbocycles. The number of benzene rings is 1. The predicted octanol–water partition coefficient (Wildman–Crippen LogP) is 3.32. The first-order valence-electron chi connectivity index (χ1n) is 7.37. The van der Waals surface area contributed by atoms with Crippen molar-refractivity contribution in [1.29, 1.82) is 0 Å². The highest BCUT2D eigenvalue weighted by molar-refractivity contribution is 5.31. The Morgan fingerprint density at radius 1 is 1.16 bits per heavy atom. The lowest BCUT2D eigenvalue weighted by molar-refractivity contribution is 0.0415. The van der Waals surface area contributed by atoms with Gasteiger partial charge < -0.3 is 10.1 Å². The molecule has 0 spiro atoms. The maximum atomic E-state index is 5.96. The molecule has 0 saturated heterocycles. The summed E-state index contributed by atoms with van der Waals surface area (Å²) in [5, 5.41) is 3.72. The van der Waals surface area contributed by atoms with Crippen molar-refractivity contribution in [3.8, 4) is 0 Å². The van der Waals surface area contributed by atoms with E-state index < -0.39 is 0 Å².